The molecule has 0 radical (unpaired) electrons. The Morgan fingerprint density at radius 2 is 1.86 bits per heavy atom. The van der Waals surface area contributed by atoms with Gasteiger partial charge < -0.3 is 19.1 Å². The maximum absolute atomic E-state index is 12.4. The summed E-state index contributed by atoms with van der Waals surface area (Å²) in [4.78, 5) is 27.5. The predicted octanol–water partition coefficient (Wildman–Crippen LogP) is 3.39. The minimum Gasteiger partial charge on any atom is -0.481 e. The van der Waals surface area contributed by atoms with E-state index in [2.05, 4.69) is 24.5 Å². The fourth-order valence-electron chi connectivity index (χ4n) is 4.46. The van der Waals surface area contributed by atoms with Gasteiger partial charge in [-0.25, -0.2) is 9.78 Å². The maximum Gasteiger partial charge on any atom is 0.414 e. The third-order valence-corrected chi connectivity index (χ3v) is 6.17. The van der Waals surface area contributed by atoms with Crippen molar-refractivity contribution >= 4 is 28.5 Å². The van der Waals surface area contributed by atoms with Crippen LogP contribution in [0.4, 0.5) is 25.0 Å². The van der Waals surface area contributed by atoms with E-state index in [4.69, 9.17) is 9.47 Å². The summed E-state index contributed by atoms with van der Waals surface area (Å²) in [5.74, 6) is 0.593. The number of fused-ring (bicyclic) bond motifs is 1. The van der Waals surface area contributed by atoms with E-state index in [1.54, 1.807) is 31.5 Å². The van der Waals surface area contributed by atoms with Crippen molar-refractivity contribution in [2.75, 3.05) is 56.2 Å². The number of piperazine rings is 1. The van der Waals surface area contributed by atoms with E-state index in [0.29, 0.717) is 24.7 Å². The number of alkyl halides is 2. The number of rotatable bonds is 7. The van der Waals surface area contributed by atoms with Gasteiger partial charge in [0.2, 0.25) is 5.88 Å². The number of benzene rings is 1. The van der Waals surface area contributed by atoms with Crippen LogP contribution in [-0.2, 0) is 4.74 Å². The zero-order chi connectivity index (χ0) is 24.4. The molecule has 1 atom stereocenters. The van der Waals surface area contributed by atoms with Crippen LogP contribution in [0.1, 0.15) is 0 Å². The second-order valence-electron chi connectivity index (χ2n) is 8.33. The molecule has 2 aliphatic rings. The molecule has 0 N–H and O–H groups in total. The summed E-state index contributed by atoms with van der Waals surface area (Å²) in [6.07, 6.45) is 1.06. The fraction of sp³-hybridized carbons (Fsp3) is 0.375. The normalized spacial score (nSPS) is 18.9. The van der Waals surface area contributed by atoms with Crippen molar-refractivity contribution in [2.24, 2.45) is 0 Å². The summed E-state index contributed by atoms with van der Waals surface area (Å²) in [6, 6.07) is 11.6. The first-order valence-electron chi connectivity index (χ1n) is 11.3. The van der Waals surface area contributed by atoms with Crippen LogP contribution < -0.4 is 19.3 Å². The molecular weight excluding hydrogens is 460 g/mol. The molecule has 1 aromatic carbocycles. The lowest BCUT2D eigenvalue weighted by Gasteiger charge is -2.36. The monoisotopic (exact) mass is 485 g/mol. The van der Waals surface area contributed by atoms with Gasteiger partial charge in [-0.15, -0.1) is 0 Å². The molecule has 0 bridgehead atoms. The summed E-state index contributed by atoms with van der Waals surface area (Å²) in [6.45, 7) is 1.34. The largest absolute Gasteiger partial charge is 0.481 e. The van der Waals surface area contributed by atoms with Crippen molar-refractivity contribution in [3.63, 3.8) is 0 Å². The summed E-state index contributed by atoms with van der Waals surface area (Å²) in [7, 11) is 1.59. The first-order chi connectivity index (χ1) is 17.0. The molecular formula is C24H25F2N5O4. The van der Waals surface area contributed by atoms with E-state index in [9.17, 15) is 13.6 Å². The van der Waals surface area contributed by atoms with E-state index in [1.807, 2.05) is 12.1 Å². The Morgan fingerprint density at radius 3 is 2.57 bits per heavy atom. The zero-order valence-corrected chi connectivity index (χ0v) is 19.1. The summed E-state index contributed by atoms with van der Waals surface area (Å²) >= 11 is 0. The highest BCUT2D eigenvalue weighted by Gasteiger charge is 2.34. The predicted molar refractivity (Wildman–Crippen MR) is 125 cm³/mol. The number of nitrogens with zero attached hydrogens (tertiary/aromatic N) is 5. The van der Waals surface area contributed by atoms with Crippen LogP contribution in [0.15, 0.2) is 48.7 Å². The second-order valence-corrected chi connectivity index (χ2v) is 8.33. The molecule has 0 saturated carbocycles. The number of halogens is 2. The van der Waals surface area contributed by atoms with Crippen molar-refractivity contribution in [1.29, 1.82) is 0 Å². The van der Waals surface area contributed by atoms with Crippen molar-refractivity contribution < 1.29 is 27.8 Å². The number of ether oxygens (including phenoxy) is 3. The Hall–Kier alpha value is -3.73. The van der Waals surface area contributed by atoms with Crippen LogP contribution >= 0.6 is 0 Å². The number of hydrogen-bond donors (Lipinski definition) is 0. The van der Waals surface area contributed by atoms with Gasteiger partial charge in [0.15, 0.2) is 0 Å². The molecule has 2 aromatic heterocycles. The first-order valence-corrected chi connectivity index (χ1v) is 11.3. The highest BCUT2D eigenvalue weighted by molar-refractivity contribution is 5.90. The molecule has 2 aliphatic heterocycles. The number of carbonyl (C=O) groups is 1. The fourth-order valence-corrected chi connectivity index (χ4v) is 4.46. The topological polar surface area (TPSA) is 80.3 Å². The third kappa shape index (κ3) is 5.04. The lowest BCUT2D eigenvalue weighted by Crippen LogP contribution is -2.49. The van der Waals surface area contributed by atoms with E-state index in [-0.39, 0.29) is 11.9 Å². The standard InChI is InChI=1S/C24H25F2N5O4/c1-33-21-7-6-19-22(28-21)20(8-9-27-19)30-12-10-29(11-13-30)14-18-15-31(24(32)35-18)16-2-4-17(5-3-16)34-23(25)26/h2-9,18,23H,10-15H2,1H3. The summed E-state index contributed by atoms with van der Waals surface area (Å²) in [5.41, 5.74) is 3.23. The summed E-state index contributed by atoms with van der Waals surface area (Å²) in [5, 5.41) is 0. The smallest absolute Gasteiger partial charge is 0.414 e. The number of amides is 1. The number of carbonyl (C=O) groups excluding carboxylic acids is 1. The Balaban J connectivity index is 1.18. The third-order valence-electron chi connectivity index (χ3n) is 6.17. The van der Waals surface area contributed by atoms with Crippen LogP contribution in [0.3, 0.4) is 0 Å². The van der Waals surface area contributed by atoms with Crippen LogP contribution in [0.2, 0.25) is 0 Å². The first kappa shape index (κ1) is 23.0. The van der Waals surface area contributed by atoms with Gasteiger partial charge in [0.1, 0.15) is 17.4 Å². The van der Waals surface area contributed by atoms with E-state index in [1.165, 1.54) is 17.0 Å². The molecule has 1 unspecified atom stereocenters. The van der Waals surface area contributed by atoms with E-state index in [0.717, 1.165) is 42.9 Å². The number of methoxy groups -OCH3 is 1. The molecule has 4 heterocycles. The average Bonchev–Trinajstić information content (AvgIpc) is 3.23. The Kier molecular flexibility index (Phi) is 6.49. The molecule has 184 valence electrons. The van der Waals surface area contributed by atoms with E-state index >= 15 is 0 Å². The molecule has 0 spiro atoms. The van der Waals surface area contributed by atoms with Crippen LogP contribution in [-0.4, -0.2) is 80.1 Å². The van der Waals surface area contributed by atoms with Gasteiger partial charge in [-0.3, -0.25) is 14.8 Å². The zero-order valence-electron chi connectivity index (χ0n) is 19.1. The highest BCUT2D eigenvalue weighted by atomic mass is 19.3. The van der Waals surface area contributed by atoms with Gasteiger partial charge >= 0.3 is 12.7 Å². The van der Waals surface area contributed by atoms with Gasteiger partial charge in [-0.2, -0.15) is 8.78 Å². The van der Waals surface area contributed by atoms with E-state index < -0.39 is 12.7 Å². The minimum atomic E-state index is -2.89. The quantitative estimate of drug-likeness (QED) is 0.504. The van der Waals surface area contributed by atoms with Crippen molar-refractivity contribution in [2.45, 2.75) is 12.7 Å². The SMILES string of the molecule is COc1ccc2nccc(N3CCN(CC4CN(c5ccc(OC(F)F)cc5)C(=O)O4)CC3)c2n1. The van der Waals surface area contributed by atoms with Gasteiger partial charge in [0.05, 0.1) is 24.9 Å². The van der Waals surface area contributed by atoms with Gasteiger partial charge in [-0.05, 0) is 36.4 Å². The van der Waals surface area contributed by atoms with Gasteiger partial charge in [0.25, 0.3) is 0 Å². The highest BCUT2D eigenvalue weighted by Crippen LogP contribution is 2.28. The molecule has 3 aromatic rings. The second kappa shape index (κ2) is 9.87. The number of pyridine rings is 2. The Labute approximate surface area is 200 Å². The molecule has 2 fully saturated rings. The van der Waals surface area contributed by atoms with Gasteiger partial charge in [-0.1, -0.05) is 0 Å². The Bertz CT molecular complexity index is 1190. The molecule has 9 nitrogen and oxygen atoms in total. The Morgan fingerprint density at radius 1 is 1.09 bits per heavy atom. The van der Waals surface area contributed by atoms with Crippen molar-refractivity contribution in [3.8, 4) is 11.6 Å². The van der Waals surface area contributed by atoms with Crippen molar-refractivity contribution in [3.05, 3.63) is 48.7 Å². The van der Waals surface area contributed by atoms with Crippen LogP contribution in [0.25, 0.3) is 11.0 Å². The number of cyclic esters (lactones) is 1. The minimum absolute atomic E-state index is 0.0429. The molecule has 1 amide bonds. The molecule has 11 heteroatoms. The molecule has 2 saturated heterocycles. The van der Waals surface area contributed by atoms with Crippen LogP contribution in [0.5, 0.6) is 11.6 Å². The number of hydrogen-bond acceptors (Lipinski definition) is 8. The summed E-state index contributed by atoms with van der Waals surface area (Å²) < 4.78 is 39.9. The lowest BCUT2D eigenvalue weighted by molar-refractivity contribution is -0.0498. The molecule has 0 aliphatic carbocycles. The maximum atomic E-state index is 12.4. The van der Waals surface area contributed by atoms with Crippen LogP contribution in [0, 0.1) is 0 Å². The number of aromatic nitrogens is 2. The molecule has 35 heavy (non-hydrogen) atoms. The average molecular weight is 485 g/mol. The van der Waals surface area contributed by atoms with Gasteiger partial charge in [0, 0.05) is 50.7 Å². The molecule has 5 rings (SSSR count). The van der Waals surface area contributed by atoms with Crippen molar-refractivity contribution in [1.82, 2.24) is 14.9 Å². The number of anilines is 2. The lowest BCUT2D eigenvalue weighted by atomic mass is 10.2.